The minimum absolute atomic E-state index is 0.128. The van der Waals surface area contributed by atoms with Crippen LogP contribution in [0.5, 0.6) is 5.75 Å². The Labute approximate surface area is 189 Å². The lowest BCUT2D eigenvalue weighted by atomic mass is 10.1. The van der Waals surface area contributed by atoms with Gasteiger partial charge in [0.1, 0.15) is 11.3 Å². The molecule has 0 atom stereocenters. The molecule has 0 unspecified atom stereocenters. The van der Waals surface area contributed by atoms with Crippen molar-refractivity contribution >= 4 is 41.2 Å². The van der Waals surface area contributed by atoms with Crippen LogP contribution in [-0.4, -0.2) is 29.5 Å². The second-order valence-electron chi connectivity index (χ2n) is 7.29. The molecule has 0 bridgehead atoms. The number of ether oxygens (including phenoxy) is 1. The minimum atomic E-state index is -0.797. The molecule has 32 heavy (non-hydrogen) atoms. The van der Waals surface area contributed by atoms with Crippen LogP contribution < -0.4 is 15.0 Å². The van der Waals surface area contributed by atoms with Crippen LogP contribution >= 0.6 is 11.6 Å². The van der Waals surface area contributed by atoms with Crippen LogP contribution in [0.4, 0.5) is 10.5 Å². The molecule has 0 radical (unpaired) electrons. The lowest BCUT2D eigenvalue weighted by Gasteiger charge is -2.26. The standard InChI is InChI=1S/C24H20ClN3O4/c1-14-12-16(15(2)27(14)18-6-4-17(25)5-7-18)13-21-22(29)26-24(31)28(23(21)30)19-8-10-20(32-3)11-9-19/h4-13H,1-3H3,(H,26,29,31)/b21-13-. The second-order valence-corrected chi connectivity index (χ2v) is 7.73. The van der Waals surface area contributed by atoms with Gasteiger partial charge in [-0.1, -0.05) is 11.6 Å². The van der Waals surface area contributed by atoms with Gasteiger partial charge in [0.25, 0.3) is 11.8 Å². The van der Waals surface area contributed by atoms with Gasteiger partial charge in [0.05, 0.1) is 12.8 Å². The minimum Gasteiger partial charge on any atom is -0.497 e. The molecule has 7 nitrogen and oxygen atoms in total. The smallest absolute Gasteiger partial charge is 0.335 e. The van der Waals surface area contributed by atoms with Gasteiger partial charge in [-0.25, -0.2) is 9.69 Å². The Morgan fingerprint density at radius 1 is 0.938 bits per heavy atom. The lowest BCUT2D eigenvalue weighted by Crippen LogP contribution is -2.54. The number of carbonyl (C=O) groups excluding carboxylic acids is 3. The summed E-state index contributed by atoms with van der Waals surface area (Å²) in [6.07, 6.45) is 1.51. The first-order chi connectivity index (χ1) is 15.3. The van der Waals surface area contributed by atoms with Crippen molar-refractivity contribution in [2.24, 2.45) is 0 Å². The highest BCUT2D eigenvalue weighted by atomic mass is 35.5. The molecule has 1 aromatic heterocycles. The second kappa shape index (κ2) is 8.36. The van der Waals surface area contributed by atoms with E-state index in [0.29, 0.717) is 22.0 Å². The van der Waals surface area contributed by atoms with Crippen molar-refractivity contribution in [2.45, 2.75) is 13.8 Å². The number of amides is 4. The summed E-state index contributed by atoms with van der Waals surface area (Å²) in [4.78, 5) is 39.0. The number of carbonyl (C=O) groups is 3. The van der Waals surface area contributed by atoms with Crippen molar-refractivity contribution in [3.8, 4) is 11.4 Å². The Hall–Kier alpha value is -3.84. The van der Waals surface area contributed by atoms with E-state index in [-0.39, 0.29) is 5.57 Å². The number of imide groups is 2. The fraction of sp³-hybridized carbons (Fsp3) is 0.125. The molecule has 1 fully saturated rings. The highest BCUT2D eigenvalue weighted by Crippen LogP contribution is 2.27. The number of anilines is 1. The summed E-state index contributed by atoms with van der Waals surface area (Å²) in [6, 6.07) is 14.9. The van der Waals surface area contributed by atoms with E-state index < -0.39 is 17.8 Å². The van der Waals surface area contributed by atoms with E-state index in [0.717, 1.165) is 22.0 Å². The van der Waals surface area contributed by atoms with E-state index >= 15 is 0 Å². The number of aryl methyl sites for hydroxylation is 1. The highest BCUT2D eigenvalue weighted by Gasteiger charge is 2.37. The van der Waals surface area contributed by atoms with Crippen LogP contribution in [0, 0.1) is 13.8 Å². The third-order valence-corrected chi connectivity index (χ3v) is 5.54. The largest absolute Gasteiger partial charge is 0.497 e. The maximum absolute atomic E-state index is 13.1. The van der Waals surface area contributed by atoms with Crippen LogP contribution in [0.15, 0.2) is 60.2 Å². The predicted molar refractivity (Wildman–Crippen MR) is 122 cm³/mol. The summed E-state index contributed by atoms with van der Waals surface area (Å²) in [7, 11) is 1.52. The molecular formula is C24H20ClN3O4. The molecule has 1 aliphatic rings. The summed E-state index contributed by atoms with van der Waals surface area (Å²) in [6.45, 7) is 3.82. The molecule has 2 aromatic carbocycles. The monoisotopic (exact) mass is 449 g/mol. The summed E-state index contributed by atoms with van der Waals surface area (Å²) >= 11 is 6.00. The lowest BCUT2D eigenvalue weighted by molar-refractivity contribution is -0.122. The van der Waals surface area contributed by atoms with Gasteiger partial charge in [-0.05, 0) is 80.1 Å². The molecule has 1 N–H and O–H groups in total. The van der Waals surface area contributed by atoms with Crippen molar-refractivity contribution in [3.63, 3.8) is 0 Å². The zero-order valence-corrected chi connectivity index (χ0v) is 18.4. The fourth-order valence-electron chi connectivity index (χ4n) is 3.70. The summed E-state index contributed by atoms with van der Waals surface area (Å²) in [5.74, 6) is -0.846. The van der Waals surface area contributed by atoms with E-state index in [1.807, 2.05) is 36.6 Å². The number of hydrogen-bond acceptors (Lipinski definition) is 4. The maximum Gasteiger partial charge on any atom is 0.335 e. The van der Waals surface area contributed by atoms with E-state index in [4.69, 9.17) is 16.3 Å². The van der Waals surface area contributed by atoms with E-state index in [1.165, 1.54) is 13.2 Å². The number of rotatable bonds is 4. The fourth-order valence-corrected chi connectivity index (χ4v) is 3.83. The number of methoxy groups -OCH3 is 1. The van der Waals surface area contributed by atoms with Gasteiger partial charge in [0.15, 0.2) is 0 Å². The third kappa shape index (κ3) is 3.78. The van der Waals surface area contributed by atoms with Crippen molar-refractivity contribution < 1.29 is 19.1 Å². The average molecular weight is 450 g/mol. The summed E-state index contributed by atoms with van der Waals surface area (Å²) in [5.41, 5.74) is 3.56. The zero-order valence-electron chi connectivity index (χ0n) is 17.7. The number of nitrogens with zero attached hydrogens (tertiary/aromatic N) is 2. The molecule has 2 heterocycles. The Balaban J connectivity index is 1.73. The Morgan fingerprint density at radius 2 is 1.56 bits per heavy atom. The average Bonchev–Trinajstić information content (AvgIpc) is 3.05. The Morgan fingerprint density at radius 3 is 2.19 bits per heavy atom. The van der Waals surface area contributed by atoms with E-state index in [2.05, 4.69) is 5.32 Å². The van der Waals surface area contributed by atoms with Gasteiger partial charge in [0, 0.05) is 22.1 Å². The first kappa shape index (κ1) is 21.4. The molecule has 0 aliphatic carbocycles. The van der Waals surface area contributed by atoms with Crippen molar-refractivity contribution in [1.29, 1.82) is 0 Å². The van der Waals surface area contributed by atoms with E-state index in [9.17, 15) is 14.4 Å². The molecule has 0 spiro atoms. The number of aromatic nitrogens is 1. The number of barbiturate groups is 1. The first-order valence-electron chi connectivity index (χ1n) is 9.80. The molecule has 4 rings (SSSR count). The summed E-state index contributed by atoms with van der Waals surface area (Å²) in [5, 5.41) is 2.87. The van der Waals surface area contributed by atoms with Crippen LogP contribution in [0.2, 0.25) is 5.02 Å². The van der Waals surface area contributed by atoms with Crippen molar-refractivity contribution in [3.05, 3.63) is 82.1 Å². The van der Waals surface area contributed by atoms with Crippen molar-refractivity contribution in [1.82, 2.24) is 9.88 Å². The SMILES string of the molecule is COc1ccc(N2C(=O)NC(=O)/C(=C/c3cc(C)n(-c4ccc(Cl)cc4)c3C)C2=O)cc1. The topological polar surface area (TPSA) is 80.6 Å². The van der Waals surface area contributed by atoms with Gasteiger partial charge in [-0.15, -0.1) is 0 Å². The quantitative estimate of drug-likeness (QED) is 0.472. The normalized spacial score (nSPS) is 15.3. The predicted octanol–water partition coefficient (Wildman–Crippen LogP) is 4.42. The molecule has 3 aromatic rings. The maximum atomic E-state index is 13.1. The molecule has 8 heteroatoms. The molecular weight excluding hydrogens is 430 g/mol. The van der Waals surface area contributed by atoms with Gasteiger partial charge in [0.2, 0.25) is 0 Å². The molecule has 1 aliphatic heterocycles. The zero-order chi connectivity index (χ0) is 23.0. The van der Waals surface area contributed by atoms with Gasteiger partial charge in [-0.3, -0.25) is 14.9 Å². The Bertz CT molecular complexity index is 1260. The van der Waals surface area contributed by atoms with E-state index in [1.54, 1.807) is 36.4 Å². The summed E-state index contributed by atoms with van der Waals surface area (Å²) < 4.78 is 7.12. The third-order valence-electron chi connectivity index (χ3n) is 5.29. The molecule has 0 saturated carbocycles. The molecule has 4 amide bonds. The van der Waals surface area contributed by atoms with Crippen LogP contribution in [0.3, 0.4) is 0 Å². The number of benzene rings is 2. The van der Waals surface area contributed by atoms with Gasteiger partial charge in [-0.2, -0.15) is 0 Å². The van der Waals surface area contributed by atoms with Crippen molar-refractivity contribution in [2.75, 3.05) is 12.0 Å². The first-order valence-corrected chi connectivity index (χ1v) is 10.2. The van der Waals surface area contributed by atoms with Gasteiger partial charge >= 0.3 is 6.03 Å². The van der Waals surface area contributed by atoms with Crippen LogP contribution in [-0.2, 0) is 9.59 Å². The number of halogens is 1. The van der Waals surface area contributed by atoms with Crippen LogP contribution in [0.25, 0.3) is 11.8 Å². The Kier molecular flexibility index (Phi) is 5.59. The number of urea groups is 1. The molecule has 1 saturated heterocycles. The highest BCUT2D eigenvalue weighted by molar-refractivity contribution is 6.39. The molecule has 162 valence electrons. The van der Waals surface area contributed by atoms with Gasteiger partial charge < -0.3 is 9.30 Å². The number of hydrogen-bond donors (Lipinski definition) is 1. The van der Waals surface area contributed by atoms with Crippen LogP contribution in [0.1, 0.15) is 17.0 Å². The number of nitrogens with one attached hydrogen (secondary N) is 1.